The number of pyridine rings is 3. The third-order valence-electron chi connectivity index (χ3n) is 19.9. The Kier molecular flexibility index (Phi) is 19.2. The average Bonchev–Trinajstić information content (AvgIpc) is 1.65. The zero-order valence-corrected chi connectivity index (χ0v) is 56.5. The number of aromatic nitrogens is 9. The Hall–Kier alpha value is -8.59. The van der Waals surface area contributed by atoms with Gasteiger partial charge >= 0.3 is 0 Å². The summed E-state index contributed by atoms with van der Waals surface area (Å²) >= 11 is 0. The van der Waals surface area contributed by atoms with Gasteiger partial charge in [-0.3, -0.25) is 24.9 Å². The molecule has 0 aliphatic carbocycles. The highest BCUT2D eigenvalue weighted by Gasteiger charge is 2.27. The van der Waals surface area contributed by atoms with Crippen LogP contribution in [0.3, 0.4) is 0 Å². The quantitative estimate of drug-likeness (QED) is 0.118. The van der Waals surface area contributed by atoms with Crippen LogP contribution in [0.1, 0.15) is 95.5 Å². The van der Waals surface area contributed by atoms with Gasteiger partial charge in [-0.2, -0.15) is 0 Å². The van der Waals surface area contributed by atoms with Gasteiger partial charge in [-0.05, 0) is 182 Å². The maximum absolute atomic E-state index is 4.47. The number of aryl methyl sites for hydroxylation is 13. The Morgan fingerprint density at radius 3 is 1.10 bits per heavy atom. The van der Waals surface area contributed by atoms with Crippen molar-refractivity contribution in [3.63, 3.8) is 0 Å². The molecule has 0 saturated heterocycles. The molecule has 4 aliphatic rings. The van der Waals surface area contributed by atoms with E-state index in [1.165, 1.54) is 128 Å². The molecule has 8 aromatic heterocycles. The van der Waals surface area contributed by atoms with Gasteiger partial charge in [0.25, 0.3) is 0 Å². The molecule has 12 heterocycles. The largest absolute Gasteiger partial charge is 0.344 e. The molecule has 478 valence electrons. The molecule has 16 rings (SSSR count). The summed E-state index contributed by atoms with van der Waals surface area (Å²) in [4.78, 5) is 31.4. The van der Waals surface area contributed by atoms with Crippen molar-refractivity contribution in [2.24, 2.45) is 0 Å². The molecule has 0 fully saturated rings. The molecule has 0 bridgehead atoms. The molecule has 4 aliphatic heterocycles. The van der Waals surface area contributed by atoms with Crippen molar-refractivity contribution in [3.05, 3.63) is 254 Å². The van der Waals surface area contributed by atoms with Crippen LogP contribution < -0.4 is 0 Å². The Morgan fingerprint density at radius 1 is 0.333 bits per heavy atom. The Bertz CT molecular complexity index is 4190. The zero-order chi connectivity index (χ0) is 64.1. The second kappa shape index (κ2) is 28.3. The molecule has 4 aromatic carbocycles. The second-order valence-electron chi connectivity index (χ2n) is 27.0. The lowest BCUT2D eigenvalue weighted by atomic mass is 10.0. The fraction of sp³-hybridized carbons (Fsp3) is 0.362. The van der Waals surface area contributed by atoms with Crippen LogP contribution in [0.15, 0.2) is 159 Å². The van der Waals surface area contributed by atoms with E-state index in [1.807, 2.05) is 50.0 Å². The van der Waals surface area contributed by atoms with E-state index < -0.39 is 0 Å². The second-order valence-corrected chi connectivity index (χ2v) is 27.0. The van der Waals surface area contributed by atoms with Gasteiger partial charge in [0.05, 0.1) is 5.69 Å². The number of fused-ring (bicyclic) bond motifs is 12. The van der Waals surface area contributed by atoms with Crippen LogP contribution in [0.5, 0.6) is 0 Å². The maximum Gasteiger partial charge on any atom is 0.0604 e. The van der Waals surface area contributed by atoms with Gasteiger partial charge in [-0.15, -0.1) is 0 Å². The van der Waals surface area contributed by atoms with Gasteiger partial charge in [0.1, 0.15) is 0 Å². The molecule has 13 nitrogen and oxygen atoms in total. The molecule has 0 spiro atoms. The monoisotopic (exact) mass is 1240 g/mol. The number of hydrogen-bond donors (Lipinski definition) is 0. The van der Waals surface area contributed by atoms with Gasteiger partial charge in [0, 0.05) is 238 Å². The van der Waals surface area contributed by atoms with Gasteiger partial charge in [-0.25, -0.2) is 0 Å². The third-order valence-corrected chi connectivity index (χ3v) is 19.9. The first-order chi connectivity index (χ1) is 45.3. The van der Waals surface area contributed by atoms with E-state index in [4.69, 9.17) is 0 Å². The number of rotatable bonds is 12. The van der Waals surface area contributed by atoms with Crippen molar-refractivity contribution >= 4 is 43.6 Å². The topological polar surface area (TPSA) is 97.1 Å². The SMILES string of the molecule is Cc1ccc2c(c1)c1c(n2CCc2ccc(C)nc2)CCN(C)C1.Cc1ccc2c(c1)c1c(n2CCc2ccccn2)CCN(C)C1.Cc1ccc2c(c1)c1c(n2CCc2cccnc2)CCN(C)C1.Cc1ccc2c(c1)c1c(n2CCc2cnccn2)CCN(C)C1. The van der Waals surface area contributed by atoms with Crippen molar-refractivity contribution in [3.8, 4) is 0 Å². The van der Waals surface area contributed by atoms with Crippen molar-refractivity contribution in [1.82, 2.24) is 62.8 Å². The van der Waals surface area contributed by atoms with Crippen LogP contribution in [0.2, 0.25) is 0 Å². The summed E-state index contributed by atoms with van der Waals surface area (Å²) in [6.07, 6.45) is 21.6. The Labute approximate surface area is 550 Å². The fourth-order valence-corrected chi connectivity index (χ4v) is 14.9. The minimum absolute atomic E-state index is 0.924. The summed E-state index contributed by atoms with van der Waals surface area (Å²) in [5.74, 6) is 0. The first kappa shape index (κ1) is 63.2. The first-order valence-corrected chi connectivity index (χ1v) is 33.9. The highest BCUT2D eigenvalue weighted by atomic mass is 15.1. The summed E-state index contributed by atoms with van der Waals surface area (Å²) in [7, 11) is 8.87. The lowest BCUT2D eigenvalue weighted by molar-refractivity contribution is 0.309. The molecular weight excluding hydrogens is 1140 g/mol. The molecule has 0 saturated carbocycles. The maximum atomic E-state index is 4.47. The molecule has 0 radical (unpaired) electrons. The summed E-state index contributed by atoms with van der Waals surface area (Å²) in [5, 5.41) is 5.74. The first-order valence-electron chi connectivity index (χ1n) is 33.9. The van der Waals surface area contributed by atoms with E-state index in [-0.39, 0.29) is 0 Å². The molecule has 13 heteroatoms. The summed E-state index contributed by atoms with van der Waals surface area (Å²) < 4.78 is 10.1. The number of nitrogens with zero attached hydrogens (tertiary/aromatic N) is 13. The molecule has 12 aromatic rings. The molecular formula is C80H93N13. The van der Waals surface area contributed by atoms with E-state index >= 15 is 0 Å². The van der Waals surface area contributed by atoms with Gasteiger partial charge in [0.2, 0.25) is 0 Å². The summed E-state index contributed by atoms with van der Waals surface area (Å²) in [5.41, 5.74) is 29.0. The van der Waals surface area contributed by atoms with E-state index in [9.17, 15) is 0 Å². The predicted octanol–water partition coefficient (Wildman–Crippen LogP) is 14.0. The van der Waals surface area contributed by atoms with Crippen LogP contribution in [0.4, 0.5) is 0 Å². The number of hydrogen-bond acceptors (Lipinski definition) is 9. The van der Waals surface area contributed by atoms with Gasteiger partial charge < -0.3 is 37.9 Å². The van der Waals surface area contributed by atoms with Crippen LogP contribution in [0, 0.1) is 34.6 Å². The van der Waals surface area contributed by atoms with Crippen LogP contribution in [-0.2, 0) is 104 Å². The van der Waals surface area contributed by atoms with E-state index in [1.54, 1.807) is 12.4 Å². The van der Waals surface area contributed by atoms with Gasteiger partial charge in [0.15, 0.2) is 0 Å². The molecule has 93 heavy (non-hydrogen) atoms. The molecule has 0 unspecified atom stereocenters. The standard InChI is InChI=1S/C21H25N3.2C20H23N3.C19H22N4/c1-15-4-7-20-18(12-15)19-14-23(3)10-9-21(19)24(20)11-8-17-6-5-16(2)22-13-17;1-15-5-6-19-17(12-15)18-14-22(2)10-8-20(18)23(19)11-7-16-4-3-9-21-13-16;1-15-6-7-19-17(13-15)18-14-22(2)11-9-20(18)23(19)12-8-16-5-3-4-10-21-16;1-14-3-4-18-16(11-14)17-13-22(2)9-6-19(17)23(18)10-5-15-12-20-7-8-21-15/h4-7,12-13H,8-11,14H2,1-3H3;3-6,9,12-13H,7-8,10-11,14H2,1-2H3;3-7,10,13H,8-9,11-12,14H2,1-2H3;3-4,7-8,11-12H,5-6,9-10,13H2,1-2H3. The summed E-state index contributed by atoms with van der Waals surface area (Å²) in [6.45, 7) is 23.6. The minimum atomic E-state index is 0.924. The van der Waals surface area contributed by atoms with Crippen molar-refractivity contribution in [2.45, 2.75) is 138 Å². The zero-order valence-electron chi connectivity index (χ0n) is 56.5. The predicted molar refractivity (Wildman–Crippen MR) is 381 cm³/mol. The van der Waals surface area contributed by atoms with Crippen LogP contribution in [0.25, 0.3) is 43.6 Å². The number of likely N-dealkylation sites (N-methyl/N-ethyl adjacent to an activating group) is 4. The van der Waals surface area contributed by atoms with Gasteiger partial charge in [-0.1, -0.05) is 64.7 Å². The lowest BCUT2D eigenvalue weighted by Gasteiger charge is -2.24. The molecule has 0 N–H and O–H groups in total. The van der Waals surface area contributed by atoms with E-state index in [0.29, 0.717) is 0 Å². The highest BCUT2D eigenvalue weighted by Crippen LogP contribution is 2.36. The fourth-order valence-electron chi connectivity index (χ4n) is 14.9. The molecule has 0 amide bonds. The van der Waals surface area contributed by atoms with Crippen molar-refractivity contribution < 1.29 is 0 Å². The summed E-state index contributed by atoms with van der Waals surface area (Å²) in [6, 6.07) is 42.2. The lowest BCUT2D eigenvalue weighted by Crippen LogP contribution is -2.27. The smallest absolute Gasteiger partial charge is 0.0604 e. The van der Waals surface area contributed by atoms with Crippen molar-refractivity contribution in [2.75, 3.05) is 54.4 Å². The minimum Gasteiger partial charge on any atom is -0.344 e. The normalized spacial score (nSPS) is 15.0. The third kappa shape index (κ3) is 14.2. The van der Waals surface area contributed by atoms with Crippen LogP contribution >= 0.6 is 0 Å². The van der Waals surface area contributed by atoms with E-state index in [0.717, 1.165) is 141 Å². The van der Waals surface area contributed by atoms with Crippen LogP contribution in [-0.4, -0.2) is 117 Å². The highest BCUT2D eigenvalue weighted by molar-refractivity contribution is 5.89. The van der Waals surface area contributed by atoms with E-state index in [2.05, 4.69) is 222 Å². The number of benzene rings is 4. The Balaban J connectivity index is 0.000000113. The molecule has 0 atom stereocenters. The van der Waals surface area contributed by atoms with Crippen molar-refractivity contribution in [1.29, 1.82) is 0 Å². The average molecular weight is 1240 g/mol. The Morgan fingerprint density at radius 2 is 0.731 bits per heavy atom.